The molecule has 11 nitrogen and oxygen atoms in total. The van der Waals surface area contributed by atoms with Crippen LogP contribution in [0.1, 0.15) is 214 Å². The first-order valence-corrected chi connectivity index (χ1v) is 33.8. The number of hydrogen-bond acceptors (Lipinski definition) is 10. The van der Waals surface area contributed by atoms with Crippen LogP contribution in [0.3, 0.4) is 0 Å². The summed E-state index contributed by atoms with van der Waals surface area (Å²) in [6.45, 7) is 35.0. The van der Waals surface area contributed by atoms with Crippen LogP contribution in [0.4, 0.5) is 5.69 Å². The zero-order chi connectivity index (χ0) is 69.7. The van der Waals surface area contributed by atoms with Gasteiger partial charge in [0.15, 0.2) is 6.79 Å². The van der Waals surface area contributed by atoms with Crippen molar-refractivity contribution in [2.75, 3.05) is 68.0 Å². The van der Waals surface area contributed by atoms with Crippen molar-refractivity contribution in [3.63, 3.8) is 0 Å². The minimum atomic E-state index is -0.297. The Bertz CT molecular complexity index is 3880. The van der Waals surface area contributed by atoms with Crippen molar-refractivity contribution in [1.82, 2.24) is 0 Å². The molecule has 1 N–H and O–H groups in total. The maximum Gasteiger partial charge on any atom is 0.255 e. The molecule has 0 atom stereocenters. The van der Waals surface area contributed by atoms with E-state index in [4.69, 9.17) is 42.6 Å². The van der Waals surface area contributed by atoms with E-state index in [1.165, 1.54) is 16.7 Å². The van der Waals surface area contributed by atoms with E-state index in [0.717, 1.165) is 112 Å². The highest BCUT2D eigenvalue weighted by Crippen LogP contribution is 2.46. The smallest absolute Gasteiger partial charge is 0.255 e. The van der Waals surface area contributed by atoms with E-state index in [9.17, 15) is 4.79 Å². The minimum absolute atomic E-state index is 0.0643. The maximum absolute atomic E-state index is 14.9. The molecular weight excluding hydrogens is 1190 g/mol. The summed E-state index contributed by atoms with van der Waals surface area (Å²) in [6, 6.07) is 44.5. The maximum atomic E-state index is 14.9. The molecule has 0 aliphatic heterocycles. The van der Waals surface area contributed by atoms with Crippen molar-refractivity contribution in [2.24, 2.45) is 0 Å². The van der Waals surface area contributed by atoms with Crippen molar-refractivity contribution in [2.45, 2.75) is 176 Å². The van der Waals surface area contributed by atoms with Crippen molar-refractivity contribution >= 4 is 11.6 Å². The molecule has 0 fully saturated rings. The third-order valence-corrected chi connectivity index (χ3v) is 18.4. The Morgan fingerprint density at radius 3 is 0.958 bits per heavy atom. The molecule has 96 heavy (non-hydrogen) atoms. The summed E-state index contributed by atoms with van der Waals surface area (Å²) in [5.41, 5.74) is 18.5. The number of methoxy groups -OCH3 is 6. The van der Waals surface area contributed by atoms with Gasteiger partial charge in [-0.3, -0.25) is 4.79 Å². The molecule has 1 amide bonds. The highest BCUT2D eigenvalue weighted by atomic mass is 16.7. The number of carbonyl (C=O) groups excluding carboxylic acids is 1. The van der Waals surface area contributed by atoms with Gasteiger partial charge in [0.25, 0.3) is 5.91 Å². The Kier molecular flexibility index (Phi) is 22.2. The average Bonchev–Trinajstić information content (AvgIpc) is 0.779. The number of amides is 1. The molecule has 0 saturated heterocycles. The quantitative estimate of drug-likeness (QED) is 0.0741. The lowest BCUT2D eigenvalue weighted by molar-refractivity contribution is -0.00918. The van der Waals surface area contributed by atoms with Gasteiger partial charge in [-0.1, -0.05) is 201 Å². The van der Waals surface area contributed by atoms with Gasteiger partial charge in [0.1, 0.15) is 46.9 Å². The van der Waals surface area contributed by atoms with Gasteiger partial charge >= 0.3 is 0 Å². The first-order valence-electron chi connectivity index (χ1n) is 33.8. The molecule has 510 valence electrons. The summed E-state index contributed by atoms with van der Waals surface area (Å²) in [5.74, 6) is 4.86. The third-order valence-electron chi connectivity index (χ3n) is 18.4. The summed E-state index contributed by atoms with van der Waals surface area (Å²) in [6.07, 6.45) is 2.77. The van der Waals surface area contributed by atoms with E-state index in [2.05, 4.69) is 170 Å². The van der Waals surface area contributed by atoms with Crippen LogP contribution >= 0.6 is 0 Å². The second kappa shape index (κ2) is 29.6. The van der Waals surface area contributed by atoms with Gasteiger partial charge in [-0.25, -0.2) is 0 Å². The Morgan fingerprint density at radius 1 is 0.354 bits per heavy atom. The molecule has 12 bridgehead atoms. The first kappa shape index (κ1) is 72.0. The average molecular weight is 1300 g/mol. The molecule has 8 aromatic carbocycles. The van der Waals surface area contributed by atoms with E-state index in [1.807, 2.05) is 60.7 Å². The van der Waals surface area contributed by atoms with Crippen LogP contribution in [0.2, 0.25) is 0 Å². The third kappa shape index (κ3) is 17.1. The Balaban J connectivity index is 1.37. The van der Waals surface area contributed by atoms with Crippen LogP contribution in [0.5, 0.6) is 40.2 Å². The topological polar surface area (TPSA) is 112 Å². The van der Waals surface area contributed by atoms with E-state index < -0.39 is 0 Å². The van der Waals surface area contributed by atoms with Crippen molar-refractivity contribution < 1.29 is 47.4 Å². The summed E-state index contributed by atoms with van der Waals surface area (Å²) in [7, 11) is 10.6. The largest absolute Gasteiger partial charge is 0.496 e. The molecule has 0 radical (unpaired) electrons. The Labute approximate surface area is 573 Å². The summed E-state index contributed by atoms with van der Waals surface area (Å²) in [5, 5.41) is 3.35. The van der Waals surface area contributed by atoms with Crippen molar-refractivity contribution in [3.8, 4) is 40.2 Å². The zero-order valence-corrected chi connectivity index (χ0v) is 61.3. The number of hydrogen-bond donors (Lipinski definition) is 1. The van der Waals surface area contributed by atoms with Crippen LogP contribution in [0.25, 0.3) is 0 Å². The molecule has 9 rings (SSSR count). The predicted octanol–water partition coefficient (Wildman–Crippen LogP) is 18.9. The number of ether oxygens (including phenoxy) is 9. The van der Waals surface area contributed by atoms with Crippen molar-refractivity contribution in [1.29, 1.82) is 0 Å². The molecule has 0 heterocycles. The molecule has 0 aromatic heterocycles. The summed E-state index contributed by atoms with van der Waals surface area (Å²) in [4.78, 5) is 14.9. The van der Waals surface area contributed by atoms with Crippen LogP contribution in [-0.2, 0) is 81.7 Å². The number of anilines is 1. The summed E-state index contributed by atoms with van der Waals surface area (Å²) >= 11 is 0. The van der Waals surface area contributed by atoms with Gasteiger partial charge in [-0.15, -0.1) is 0 Å². The fourth-order valence-electron chi connectivity index (χ4n) is 13.0. The molecular formula is C85H105NO10. The molecule has 1 aliphatic rings. The van der Waals surface area contributed by atoms with Gasteiger partial charge < -0.3 is 47.9 Å². The van der Waals surface area contributed by atoms with Crippen LogP contribution < -0.4 is 38.5 Å². The molecule has 11 heteroatoms. The molecule has 8 aromatic rings. The number of benzene rings is 8. The molecule has 1 aliphatic carbocycles. The van der Waals surface area contributed by atoms with E-state index >= 15 is 0 Å². The van der Waals surface area contributed by atoms with Crippen LogP contribution in [0, 0.1) is 0 Å². The lowest BCUT2D eigenvalue weighted by atomic mass is 9.79. The van der Waals surface area contributed by atoms with Crippen LogP contribution in [-0.4, -0.2) is 68.6 Å². The number of nitrogens with one attached hydrogen (secondary N) is 1. The van der Waals surface area contributed by atoms with E-state index in [0.29, 0.717) is 81.1 Å². The lowest BCUT2D eigenvalue weighted by Crippen LogP contribution is -2.17. The molecule has 0 saturated carbocycles. The normalized spacial score (nSPS) is 13.1. The SMILES string of the molecule is COCCOCOc1c2cc(NC(=O)c3cccc(OCc4ccccc4)c3)cc1Cc1cc(C(C)(C)C)cc(c1OC)Cc1cc(C(C)(C)C)cc(c1OC)Cc1cc(C(C)(C)C)cc(c1OC)Cc1cc(C(C)(C)C)cc(c1OC)Cc1cc(C(C)(C)C)cc(c1OC)C2. The van der Waals surface area contributed by atoms with Gasteiger partial charge in [0.05, 0.1) is 48.8 Å². The van der Waals surface area contributed by atoms with E-state index in [1.54, 1.807) is 48.7 Å². The zero-order valence-electron chi connectivity index (χ0n) is 61.3. The Hall–Kier alpha value is -8.25. The highest BCUT2D eigenvalue weighted by Gasteiger charge is 2.31. The van der Waals surface area contributed by atoms with Gasteiger partial charge in [0.2, 0.25) is 0 Å². The standard InChI is InChI=1S/C85H105NO10/c1-81(2,3)67-38-55-32-57-40-68(82(4,5)6)42-59(75(57)90-18)34-61-44-70(84(10,11)12)46-63(77(61)92-20)36-65-48-72(86-80(87)54-28-25-29-73(50-54)95-51-53-26-23-22-24-27-53)49-66(79(65)96-52-94-31-30-88-16)37-64-47-71(85(13,14)15)45-62(78(64)93-21)35-60-43-69(83(7,8)9)41-58(76(60)91-19)33-56(39-67)74(55)89-17/h22-29,38-50H,30-37,51-52H2,1-21H3,(H,86,87). The lowest BCUT2D eigenvalue weighted by Gasteiger charge is -2.28. The van der Waals surface area contributed by atoms with Gasteiger partial charge in [-0.2, -0.15) is 0 Å². The van der Waals surface area contributed by atoms with Gasteiger partial charge in [0, 0.05) is 68.0 Å². The number of rotatable bonds is 16. The Morgan fingerprint density at radius 2 is 0.667 bits per heavy atom. The fourth-order valence-corrected chi connectivity index (χ4v) is 13.0. The fraction of sp³-hybridized carbons (Fsp3) is 0.424. The number of carbonyl (C=O) groups is 1. The van der Waals surface area contributed by atoms with Crippen LogP contribution in [0.15, 0.2) is 127 Å². The van der Waals surface area contributed by atoms with E-state index in [-0.39, 0.29) is 39.8 Å². The molecule has 0 unspecified atom stereocenters. The highest BCUT2D eigenvalue weighted by molar-refractivity contribution is 6.04. The molecule has 0 spiro atoms. The predicted molar refractivity (Wildman–Crippen MR) is 390 cm³/mol. The summed E-state index contributed by atoms with van der Waals surface area (Å²) < 4.78 is 58.4. The number of fused-ring (bicyclic) bond motifs is 12. The second-order valence-corrected chi connectivity index (χ2v) is 31.0. The van der Waals surface area contributed by atoms with Gasteiger partial charge in [-0.05, 0) is 146 Å². The monoisotopic (exact) mass is 1300 g/mol. The first-order chi connectivity index (χ1) is 45.3. The van der Waals surface area contributed by atoms with Crippen molar-refractivity contribution in [3.05, 3.63) is 233 Å². The minimum Gasteiger partial charge on any atom is -0.496 e. The second-order valence-electron chi connectivity index (χ2n) is 31.0.